The Labute approximate surface area is 122 Å². The first-order valence-corrected chi connectivity index (χ1v) is 7.80. The van der Waals surface area contributed by atoms with Crippen molar-refractivity contribution in [1.29, 1.82) is 0 Å². The molecule has 0 saturated heterocycles. The molecule has 1 nitrogen and oxygen atoms in total. The van der Waals surface area contributed by atoms with E-state index in [0.29, 0.717) is 11.5 Å². The van der Waals surface area contributed by atoms with Crippen LogP contribution in [0, 0.1) is 11.3 Å². The van der Waals surface area contributed by atoms with Crippen molar-refractivity contribution in [3.8, 4) is 0 Å². The summed E-state index contributed by atoms with van der Waals surface area (Å²) in [7, 11) is 2.10. The normalized spacial score (nSPS) is 21.3. The lowest BCUT2D eigenvalue weighted by Crippen LogP contribution is -2.38. The highest BCUT2D eigenvalue weighted by atomic mass is 35.5. The second kappa shape index (κ2) is 6.28. The summed E-state index contributed by atoms with van der Waals surface area (Å²) < 4.78 is 0. The van der Waals surface area contributed by atoms with Crippen LogP contribution in [0.1, 0.15) is 45.1 Å². The van der Waals surface area contributed by atoms with Gasteiger partial charge >= 0.3 is 0 Å². The molecule has 0 spiro atoms. The Hall–Kier alpha value is -0.530. The van der Waals surface area contributed by atoms with Crippen LogP contribution >= 0.6 is 11.6 Å². The molecular weight excluding hydrogens is 254 g/mol. The molecule has 19 heavy (non-hydrogen) atoms. The number of likely N-dealkylation sites (N-methyl/N-ethyl adjacent to an activating group) is 1. The predicted octanol–water partition coefficient (Wildman–Crippen LogP) is 4.69. The van der Waals surface area contributed by atoms with Crippen LogP contribution in [-0.4, -0.2) is 13.1 Å². The fraction of sp³-hybridized carbons (Fsp3) is 0.647. The summed E-state index contributed by atoms with van der Waals surface area (Å²) in [5.74, 6) is 0.814. The first-order valence-electron chi connectivity index (χ1n) is 7.42. The van der Waals surface area contributed by atoms with E-state index < -0.39 is 0 Å². The molecule has 0 radical (unpaired) electrons. The standard InChI is InChI=1S/C17H26ClN/c1-17(2)10-8-14(9-11-17)16(19-3)12-13-4-6-15(18)7-5-13/h4-7,14,16,19H,8-12H2,1-3H3. The number of benzene rings is 1. The van der Waals surface area contributed by atoms with Gasteiger partial charge < -0.3 is 5.32 Å². The van der Waals surface area contributed by atoms with E-state index >= 15 is 0 Å². The number of halogens is 1. The van der Waals surface area contributed by atoms with Crippen LogP contribution in [0.5, 0.6) is 0 Å². The van der Waals surface area contributed by atoms with Gasteiger partial charge in [-0.05, 0) is 68.2 Å². The molecule has 0 heterocycles. The van der Waals surface area contributed by atoms with E-state index in [-0.39, 0.29) is 0 Å². The summed E-state index contributed by atoms with van der Waals surface area (Å²) >= 11 is 5.95. The van der Waals surface area contributed by atoms with Gasteiger partial charge in [0.2, 0.25) is 0 Å². The minimum Gasteiger partial charge on any atom is -0.316 e. The van der Waals surface area contributed by atoms with Gasteiger partial charge in [-0.2, -0.15) is 0 Å². The van der Waals surface area contributed by atoms with Crippen molar-refractivity contribution < 1.29 is 0 Å². The Morgan fingerprint density at radius 3 is 2.32 bits per heavy atom. The van der Waals surface area contributed by atoms with Gasteiger partial charge in [-0.3, -0.25) is 0 Å². The average molecular weight is 280 g/mol. The van der Waals surface area contributed by atoms with Crippen LogP contribution < -0.4 is 5.32 Å². The minimum atomic E-state index is 0.551. The molecule has 0 aliphatic heterocycles. The molecule has 1 aliphatic carbocycles. The molecule has 1 aliphatic rings. The third-order valence-electron chi connectivity index (χ3n) is 4.69. The zero-order chi connectivity index (χ0) is 13.9. The van der Waals surface area contributed by atoms with Gasteiger partial charge in [0.1, 0.15) is 0 Å². The van der Waals surface area contributed by atoms with Gasteiger partial charge in [0.05, 0.1) is 0 Å². The Bertz CT molecular complexity index is 386. The molecule has 0 amide bonds. The fourth-order valence-electron chi connectivity index (χ4n) is 3.20. The van der Waals surface area contributed by atoms with Crippen molar-refractivity contribution in [2.24, 2.45) is 11.3 Å². The fourth-order valence-corrected chi connectivity index (χ4v) is 3.33. The summed E-state index contributed by atoms with van der Waals surface area (Å²) in [5, 5.41) is 4.35. The van der Waals surface area contributed by atoms with Crippen molar-refractivity contribution in [2.45, 2.75) is 52.0 Å². The maximum absolute atomic E-state index is 5.95. The second-order valence-electron chi connectivity index (χ2n) is 6.73. The van der Waals surface area contributed by atoms with E-state index in [4.69, 9.17) is 11.6 Å². The van der Waals surface area contributed by atoms with Gasteiger partial charge in [-0.25, -0.2) is 0 Å². The number of hydrogen-bond acceptors (Lipinski definition) is 1. The van der Waals surface area contributed by atoms with Crippen LogP contribution in [0.25, 0.3) is 0 Å². The Balaban J connectivity index is 1.95. The van der Waals surface area contributed by atoms with Crippen LogP contribution in [0.15, 0.2) is 24.3 Å². The van der Waals surface area contributed by atoms with Gasteiger partial charge in [-0.1, -0.05) is 37.6 Å². The third-order valence-corrected chi connectivity index (χ3v) is 4.94. The van der Waals surface area contributed by atoms with Gasteiger partial charge in [0.15, 0.2) is 0 Å². The van der Waals surface area contributed by atoms with Crippen LogP contribution in [0.2, 0.25) is 5.02 Å². The molecule has 1 atom stereocenters. The molecule has 0 bridgehead atoms. The maximum atomic E-state index is 5.95. The topological polar surface area (TPSA) is 12.0 Å². The zero-order valence-corrected chi connectivity index (χ0v) is 13.1. The molecule has 2 heteroatoms. The largest absolute Gasteiger partial charge is 0.316 e. The van der Waals surface area contributed by atoms with Gasteiger partial charge in [-0.15, -0.1) is 0 Å². The van der Waals surface area contributed by atoms with Crippen molar-refractivity contribution in [1.82, 2.24) is 5.32 Å². The Morgan fingerprint density at radius 1 is 1.21 bits per heavy atom. The van der Waals surface area contributed by atoms with Crippen molar-refractivity contribution in [2.75, 3.05) is 7.05 Å². The summed E-state index contributed by atoms with van der Waals surface area (Å²) in [6.45, 7) is 4.80. The molecule has 106 valence electrons. The quantitative estimate of drug-likeness (QED) is 0.843. The predicted molar refractivity (Wildman–Crippen MR) is 83.7 cm³/mol. The van der Waals surface area contributed by atoms with Crippen molar-refractivity contribution in [3.05, 3.63) is 34.9 Å². The van der Waals surface area contributed by atoms with Crippen LogP contribution in [0.4, 0.5) is 0 Å². The highest BCUT2D eigenvalue weighted by molar-refractivity contribution is 6.30. The summed E-state index contributed by atoms with van der Waals surface area (Å²) in [4.78, 5) is 0. The van der Waals surface area contributed by atoms with E-state index in [1.54, 1.807) is 0 Å². The lowest BCUT2D eigenvalue weighted by Gasteiger charge is -2.38. The SMILES string of the molecule is CNC(Cc1ccc(Cl)cc1)C1CCC(C)(C)CC1. The van der Waals surface area contributed by atoms with E-state index in [1.807, 2.05) is 12.1 Å². The monoisotopic (exact) mass is 279 g/mol. The summed E-state index contributed by atoms with van der Waals surface area (Å²) in [6, 6.07) is 8.89. The highest BCUT2D eigenvalue weighted by Gasteiger charge is 2.30. The second-order valence-corrected chi connectivity index (χ2v) is 7.16. The smallest absolute Gasteiger partial charge is 0.0406 e. The minimum absolute atomic E-state index is 0.551. The molecule has 1 aromatic carbocycles. The maximum Gasteiger partial charge on any atom is 0.0406 e. The molecule has 1 unspecified atom stereocenters. The van der Waals surface area contributed by atoms with E-state index in [0.717, 1.165) is 17.4 Å². The highest BCUT2D eigenvalue weighted by Crippen LogP contribution is 2.39. The molecule has 2 rings (SSSR count). The Morgan fingerprint density at radius 2 is 1.79 bits per heavy atom. The summed E-state index contributed by atoms with van der Waals surface area (Å²) in [6.07, 6.45) is 6.53. The number of nitrogens with one attached hydrogen (secondary N) is 1. The average Bonchev–Trinajstić information content (AvgIpc) is 2.39. The van der Waals surface area contributed by atoms with Crippen LogP contribution in [0.3, 0.4) is 0 Å². The van der Waals surface area contributed by atoms with Gasteiger partial charge in [0.25, 0.3) is 0 Å². The number of hydrogen-bond donors (Lipinski definition) is 1. The van der Waals surface area contributed by atoms with Crippen molar-refractivity contribution >= 4 is 11.6 Å². The molecule has 1 fully saturated rings. The van der Waals surface area contributed by atoms with Gasteiger partial charge in [0, 0.05) is 11.1 Å². The Kier molecular flexibility index (Phi) is 4.92. The zero-order valence-electron chi connectivity index (χ0n) is 12.4. The first kappa shape index (κ1) is 14.9. The molecule has 1 saturated carbocycles. The molecule has 1 N–H and O–H groups in total. The van der Waals surface area contributed by atoms with Crippen LogP contribution in [-0.2, 0) is 6.42 Å². The van der Waals surface area contributed by atoms with E-state index in [1.165, 1.54) is 31.2 Å². The lowest BCUT2D eigenvalue weighted by atomic mass is 9.70. The van der Waals surface area contributed by atoms with Crippen molar-refractivity contribution in [3.63, 3.8) is 0 Å². The molecular formula is C17H26ClN. The summed E-state index contributed by atoms with van der Waals surface area (Å²) in [5.41, 5.74) is 1.93. The van der Waals surface area contributed by atoms with E-state index in [9.17, 15) is 0 Å². The lowest BCUT2D eigenvalue weighted by molar-refractivity contribution is 0.163. The molecule has 1 aromatic rings. The third kappa shape index (κ3) is 4.22. The number of rotatable bonds is 4. The van der Waals surface area contributed by atoms with E-state index in [2.05, 4.69) is 38.3 Å². The molecule has 0 aromatic heterocycles. The first-order chi connectivity index (χ1) is 9.00.